The van der Waals surface area contributed by atoms with Gasteiger partial charge < -0.3 is 0 Å². The molecule has 2 aromatic rings. The summed E-state index contributed by atoms with van der Waals surface area (Å²) in [6.45, 7) is 1.40. The number of anilines is 1. The third-order valence-electron chi connectivity index (χ3n) is 6.03. The Labute approximate surface area is 170 Å². The third kappa shape index (κ3) is 2.35. The fourth-order valence-electron chi connectivity index (χ4n) is 4.80. The van der Waals surface area contributed by atoms with E-state index in [-0.39, 0.29) is 17.2 Å². The zero-order chi connectivity index (χ0) is 21.2. The van der Waals surface area contributed by atoms with Crippen molar-refractivity contribution in [2.24, 2.45) is 16.9 Å². The minimum Gasteiger partial charge on any atom is -0.298 e. The van der Waals surface area contributed by atoms with Gasteiger partial charge in [-0.3, -0.25) is 29.5 Å². The number of benzene rings is 2. The number of nitro groups is 1. The van der Waals surface area contributed by atoms with Gasteiger partial charge in [-0.1, -0.05) is 24.3 Å². The molecule has 2 amide bonds. The molecule has 9 nitrogen and oxygen atoms in total. The van der Waals surface area contributed by atoms with Gasteiger partial charge in [0.25, 0.3) is 5.69 Å². The molecule has 4 atom stereocenters. The molecule has 0 aliphatic carbocycles. The van der Waals surface area contributed by atoms with E-state index in [1.165, 1.54) is 31.2 Å². The van der Waals surface area contributed by atoms with E-state index < -0.39 is 40.7 Å². The predicted octanol–water partition coefficient (Wildman–Crippen LogP) is 2.06. The van der Waals surface area contributed by atoms with Crippen molar-refractivity contribution < 1.29 is 19.3 Å². The maximum absolute atomic E-state index is 13.4. The van der Waals surface area contributed by atoms with Crippen LogP contribution in [0, 0.1) is 22.0 Å². The van der Waals surface area contributed by atoms with Gasteiger partial charge in [0, 0.05) is 12.1 Å². The van der Waals surface area contributed by atoms with E-state index in [1.54, 1.807) is 11.2 Å². The highest BCUT2D eigenvalue weighted by molar-refractivity contribution is 6.24. The van der Waals surface area contributed by atoms with E-state index in [1.807, 2.05) is 24.3 Å². The lowest BCUT2D eigenvalue weighted by Gasteiger charge is -2.33. The van der Waals surface area contributed by atoms with Crippen LogP contribution in [0.4, 0.5) is 11.4 Å². The second-order valence-corrected chi connectivity index (χ2v) is 7.59. The number of nitro benzene ring substituents is 1. The Morgan fingerprint density at radius 1 is 1.03 bits per heavy atom. The standard InChI is InChI=1S/C21H16N4O5/c1-11(26)18-16-17(19-15-5-3-2-4-12(15)10-22-24(18)19)21(28)23(20(16)27)13-6-8-14(9-7-13)25(29)30/h2-10,16-19H,1H3/t16-,17+,18-,19-/m1/s1. The SMILES string of the molecule is CC(=O)[C@@H]1[C@@H]2C(=O)N(c3ccc([N+](=O)[O-])cc3)C(=O)[C@@H]2[C@H]2c3ccccc3C=NN12. The van der Waals surface area contributed by atoms with E-state index >= 15 is 0 Å². The second kappa shape index (κ2) is 6.31. The molecule has 3 heterocycles. The Hall–Kier alpha value is -3.88. The lowest BCUT2D eigenvalue weighted by Crippen LogP contribution is -2.43. The molecule has 2 aromatic carbocycles. The fourth-order valence-corrected chi connectivity index (χ4v) is 4.80. The van der Waals surface area contributed by atoms with Crippen LogP contribution in [0.25, 0.3) is 0 Å². The Kier molecular flexibility index (Phi) is 3.82. The lowest BCUT2D eigenvalue weighted by molar-refractivity contribution is -0.384. The number of non-ortho nitro benzene ring substituents is 1. The molecule has 30 heavy (non-hydrogen) atoms. The van der Waals surface area contributed by atoms with Gasteiger partial charge in [-0.2, -0.15) is 5.10 Å². The number of rotatable bonds is 3. The first-order valence-electron chi connectivity index (χ1n) is 9.44. The van der Waals surface area contributed by atoms with Crippen LogP contribution in [0.1, 0.15) is 24.1 Å². The Bertz CT molecular complexity index is 1140. The molecule has 9 heteroatoms. The van der Waals surface area contributed by atoms with Crippen molar-refractivity contribution >= 4 is 35.2 Å². The Balaban J connectivity index is 1.60. The van der Waals surface area contributed by atoms with Crippen LogP contribution in [-0.4, -0.2) is 39.8 Å². The van der Waals surface area contributed by atoms with Crippen LogP contribution in [0.3, 0.4) is 0 Å². The molecule has 0 saturated carbocycles. The Morgan fingerprint density at radius 3 is 2.37 bits per heavy atom. The number of hydrazone groups is 1. The van der Waals surface area contributed by atoms with Crippen LogP contribution in [-0.2, 0) is 14.4 Å². The fraction of sp³-hybridized carbons (Fsp3) is 0.238. The summed E-state index contributed by atoms with van der Waals surface area (Å²) in [5.41, 5.74) is 1.81. The highest BCUT2D eigenvalue weighted by Gasteiger charge is 2.64. The molecule has 3 aliphatic rings. The summed E-state index contributed by atoms with van der Waals surface area (Å²) >= 11 is 0. The van der Waals surface area contributed by atoms with Gasteiger partial charge in [0.05, 0.1) is 34.7 Å². The molecule has 0 bridgehead atoms. The van der Waals surface area contributed by atoms with E-state index in [9.17, 15) is 24.5 Å². The van der Waals surface area contributed by atoms with Gasteiger partial charge in [0.1, 0.15) is 6.04 Å². The first kappa shape index (κ1) is 18.2. The number of amides is 2. The topological polar surface area (TPSA) is 113 Å². The van der Waals surface area contributed by atoms with Gasteiger partial charge in [0.15, 0.2) is 5.78 Å². The van der Waals surface area contributed by atoms with Gasteiger partial charge in [0.2, 0.25) is 11.8 Å². The highest BCUT2D eigenvalue weighted by Crippen LogP contribution is 2.52. The average molecular weight is 404 g/mol. The third-order valence-corrected chi connectivity index (χ3v) is 6.03. The van der Waals surface area contributed by atoms with Crippen LogP contribution >= 0.6 is 0 Å². The molecule has 0 radical (unpaired) electrons. The van der Waals surface area contributed by atoms with Crippen LogP contribution in [0.2, 0.25) is 0 Å². The molecular formula is C21H16N4O5. The van der Waals surface area contributed by atoms with E-state index in [0.29, 0.717) is 0 Å². The molecule has 2 fully saturated rings. The van der Waals surface area contributed by atoms with Crippen molar-refractivity contribution in [3.63, 3.8) is 0 Å². The van der Waals surface area contributed by atoms with E-state index in [0.717, 1.165) is 16.0 Å². The molecule has 5 rings (SSSR count). The summed E-state index contributed by atoms with van der Waals surface area (Å²) in [4.78, 5) is 50.7. The molecule has 150 valence electrons. The number of imide groups is 1. The van der Waals surface area contributed by atoms with Gasteiger partial charge in [-0.15, -0.1) is 0 Å². The number of Topliss-reactive ketones (excluding diaryl/α,β-unsaturated/α-hetero) is 1. The van der Waals surface area contributed by atoms with Crippen LogP contribution in [0.15, 0.2) is 53.6 Å². The first-order chi connectivity index (χ1) is 14.4. The van der Waals surface area contributed by atoms with Crippen molar-refractivity contribution in [3.8, 4) is 0 Å². The molecule has 0 unspecified atom stereocenters. The van der Waals surface area contributed by atoms with Gasteiger partial charge >= 0.3 is 0 Å². The predicted molar refractivity (Wildman–Crippen MR) is 106 cm³/mol. The van der Waals surface area contributed by atoms with Crippen molar-refractivity contribution in [1.29, 1.82) is 0 Å². The van der Waals surface area contributed by atoms with Crippen LogP contribution in [0.5, 0.6) is 0 Å². The number of hydrogen-bond acceptors (Lipinski definition) is 7. The minimum atomic E-state index is -0.863. The minimum absolute atomic E-state index is 0.138. The molecule has 3 aliphatic heterocycles. The van der Waals surface area contributed by atoms with E-state index in [2.05, 4.69) is 5.10 Å². The highest BCUT2D eigenvalue weighted by atomic mass is 16.6. The Morgan fingerprint density at radius 2 is 1.70 bits per heavy atom. The number of carbonyl (C=O) groups is 3. The lowest BCUT2D eigenvalue weighted by atomic mass is 9.84. The van der Waals surface area contributed by atoms with Crippen molar-refractivity contribution in [2.45, 2.75) is 19.0 Å². The number of fused-ring (bicyclic) bond motifs is 5. The molecule has 2 saturated heterocycles. The number of nitrogens with zero attached hydrogens (tertiary/aromatic N) is 4. The summed E-state index contributed by atoms with van der Waals surface area (Å²) in [5.74, 6) is -2.78. The summed E-state index contributed by atoms with van der Waals surface area (Å²) in [6.07, 6.45) is 1.64. The molecule has 0 aromatic heterocycles. The summed E-state index contributed by atoms with van der Waals surface area (Å²) in [7, 11) is 0. The number of ketones is 1. The summed E-state index contributed by atoms with van der Waals surface area (Å²) in [5, 5.41) is 16.9. The molecule has 0 N–H and O–H groups in total. The van der Waals surface area contributed by atoms with Crippen molar-refractivity contribution in [1.82, 2.24) is 5.01 Å². The monoisotopic (exact) mass is 404 g/mol. The number of hydrogen-bond donors (Lipinski definition) is 0. The van der Waals surface area contributed by atoms with Crippen LogP contribution < -0.4 is 4.90 Å². The normalized spacial score (nSPS) is 26.4. The summed E-state index contributed by atoms with van der Waals surface area (Å²) < 4.78 is 0. The average Bonchev–Trinajstić information content (AvgIpc) is 3.21. The van der Waals surface area contributed by atoms with Crippen molar-refractivity contribution in [3.05, 3.63) is 69.8 Å². The maximum Gasteiger partial charge on any atom is 0.269 e. The first-order valence-corrected chi connectivity index (χ1v) is 9.44. The van der Waals surface area contributed by atoms with Crippen molar-refractivity contribution in [2.75, 3.05) is 4.90 Å². The molecular weight excluding hydrogens is 388 g/mol. The number of carbonyl (C=O) groups excluding carboxylic acids is 3. The second-order valence-electron chi connectivity index (χ2n) is 7.59. The van der Waals surface area contributed by atoms with Gasteiger partial charge in [-0.25, -0.2) is 4.90 Å². The zero-order valence-corrected chi connectivity index (χ0v) is 15.8. The van der Waals surface area contributed by atoms with E-state index in [4.69, 9.17) is 0 Å². The maximum atomic E-state index is 13.4. The quantitative estimate of drug-likeness (QED) is 0.440. The summed E-state index contributed by atoms with van der Waals surface area (Å²) in [6, 6.07) is 11.4. The van der Waals surface area contributed by atoms with Gasteiger partial charge in [-0.05, 0) is 30.2 Å². The largest absolute Gasteiger partial charge is 0.298 e. The smallest absolute Gasteiger partial charge is 0.269 e. The zero-order valence-electron chi connectivity index (χ0n) is 15.8. The molecule has 0 spiro atoms.